The average Bonchev–Trinajstić information content (AvgIpc) is 2.46. The van der Waals surface area contributed by atoms with Crippen LogP contribution < -0.4 is 4.74 Å². The molecule has 0 fully saturated rings. The Morgan fingerprint density at radius 2 is 1.76 bits per heavy atom. The van der Waals surface area contributed by atoms with Crippen molar-refractivity contribution < 1.29 is 18.6 Å². The Hall–Kier alpha value is -2.38. The maximum Gasteiger partial charge on any atom is 0.124 e. The largest absolute Gasteiger partial charge is 0.489 e. The molecule has 0 aliphatic heterocycles. The number of hydrogen-bond acceptors (Lipinski definition) is 2. The van der Waals surface area contributed by atoms with E-state index in [9.17, 15) is 8.78 Å². The maximum atomic E-state index is 13.5. The van der Waals surface area contributed by atoms with Crippen LogP contribution in [0.25, 0.3) is 0 Å². The van der Waals surface area contributed by atoms with E-state index < -0.39 is 5.82 Å². The Bertz CT molecular complexity index is 655. The third-order valence-electron chi connectivity index (χ3n) is 2.65. The summed E-state index contributed by atoms with van der Waals surface area (Å²) in [6.45, 7) is 0.140. The molecule has 0 amide bonds. The van der Waals surface area contributed by atoms with Crippen LogP contribution in [0.2, 0.25) is 0 Å². The highest BCUT2D eigenvalue weighted by Crippen LogP contribution is 2.15. The van der Waals surface area contributed by atoms with Crippen LogP contribution in [-0.2, 0) is 6.61 Å². The first-order valence-corrected chi connectivity index (χ1v) is 6.45. The van der Waals surface area contributed by atoms with Gasteiger partial charge in [-0.25, -0.2) is 8.78 Å². The smallest absolute Gasteiger partial charge is 0.124 e. The lowest BCUT2D eigenvalue weighted by Gasteiger charge is -2.07. The molecule has 0 atom stereocenters. The van der Waals surface area contributed by atoms with Gasteiger partial charge in [-0.05, 0) is 48.0 Å². The SMILES string of the molecule is OCCC#Cc1cc(F)cc(COc2ccc(F)cc2)c1. The van der Waals surface area contributed by atoms with Crippen LogP contribution >= 0.6 is 0 Å². The van der Waals surface area contributed by atoms with E-state index in [-0.39, 0.29) is 19.0 Å². The van der Waals surface area contributed by atoms with Crippen molar-refractivity contribution in [3.05, 3.63) is 65.2 Å². The van der Waals surface area contributed by atoms with Crippen molar-refractivity contribution in [2.24, 2.45) is 0 Å². The van der Waals surface area contributed by atoms with Gasteiger partial charge in [-0.2, -0.15) is 0 Å². The highest BCUT2D eigenvalue weighted by atomic mass is 19.1. The molecule has 0 aliphatic rings. The molecule has 0 unspecified atom stereocenters. The highest BCUT2D eigenvalue weighted by Gasteiger charge is 2.01. The predicted octanol–water partition coefficient (Wildman–Crippen LogP) is 3.28. The molecule has 0 bridgehead atoms. The third kappa shape index (κ3) is 4.90. The van der Waals surface area contributed by atoms with Gasteiger partial charge in [0.25, 0.3) is 0 Å². The van der Waals surface area contributed by atoms with Crippen LogP contribution in [0.5, 0.6) is 5.75 Å². The molecule has 2 rings (SSSR count). The van der Waals surface area contributed by atoms with E-state index in [0.717, 1.165) is 0 Å². The van der Waals surface area contributed by atoms with Crippen molar-refractivity contribution in [2.45, 2.75) is 13.0 Å². The van der Waals surface area contributed by atoms with Gasteiger partial charge in [0.05, 0.1) is 6.61 Å². The van der Waals surface area contributed by atoms with Crippen molar-refractivity contribution in [3.63, 3.8) is 0 Å². The zero-order chi connectivity index (χ0) is 15.1. The van der Waals surface area contributed by atoms with Crippen molar-refractivity contribution in [2.75, 3.05) is 6.61 Å². The molecule has 1 N–H and O–H groups in total. The summed E-state index contributed by atoms with van der Waals surface area (Å²) in [6.07, 6.45) is 0.345. The minimum Gasteiger partial charge on any atom is -0.489 e. The summed E-state index contributed by atoms with van der Waals surface area (Å²) in [5.74, 6) is 5.28. The van der Waals surface area contributed by atoms with E-state index in [4.69, 9.17) is 9.84 Å². The fourth-order valence-corrected chi connectivity index (χ4v) is 1.72. The van der Waals surface area contributed by atoms with E-state index in [0.29, 0.717) is 23.3 Å². The zero-order valence-corrected chi connectivity index (χ0v) is 11.3. The van der Waals surface area contributed by atoms with Crippen molar-refractivity contribution in [1.82, 2.24) is 0 Å². The number of halogens is 2. The molecule has 0 saturated carbocycles. The second-order valence-electron chi connectivity index (χ2n) is 4.37. The van der Waals surface area contributed by atoms with Gasteiger partial charge >= 0.3 is 0 Å². The van der Waals surface area contributed by atoms with Crippen LogP contribution in [0.15, 0.2) is 42.5 Å². The molecule has 21 heavy (non-hydrogen) atoms. The van der Waals surface area contributed by atoms with Crippen molar-refractivity contribution in [3.8, 4) is 17.6 Å². The van der Waals surface area contributed by atoms with E-state index in [1.54, 1.807) is 6.07 Å². The third-order valence-corrected chi connectivity index (χ3v) is 2.65. The van der Waals surface area contributed by atoms with Gasteiger partial charge in [-0.15, -0.1) is 0 Å². The summed E-state index contributed by atoms with van der Waals surface area (Å²) < 4.78 is 31.7. The van der Waals surface area contributed by atoms with Crippen LogP contribution in [0.3, 0.4) is 0 Å². The summed E-state index contributed by atoms with van der Waals surface area (Å²) in [5, 5.41) is 8.66. The summed E-state index contributed by atoms with van der Waals surface area (Å²) >= 11 is 0. The van der Waals surface area contributed by atoms with E-state index in [1.165, 1.54) is 36.4 Å². The van der Waals surface area contributed by atoms with E-state index >= 15 is 0 Å². The Labute approximate surface area is 122 Å². The molecule has 2 nitrogen and oxygen atoms in total. The van der Waals surface area contributed by atoms with Gasteiger partial charge in [0, 0.05) is 12.0 Å². The molecular weight excluding hydrogens is 274 g/mol. The number of hydrogen-bond donors (Lipinski definition) is 1. The first-order valence-electron chi connectivity index (χ1n) is 6.45. The number of ether oxygens (including phenoxy) is 1. The number of rotatable bonds is 4. The molecule has 0 saturated heterocycles. The van der Waals surface area contributed by atoms with Gasteiger partial charge < -0.3 is 9.84 Å². The second-order valence-corrected chi connectivity index (χ2v) is 4.37. The number of benzene rings is 2. The molecule has 0 radical (unpaired) electrons. The quantitative estimate of drug-likeness (QED) is 0.875. The predicted molar refractivity (Wildman–Crippen MR) is 75.7 cm³/mol. The normalized spacial score (nSPS) is 9.86. The van der Waals surface area contributed by atoms with Gasteiger partial charge in [0.1, 0.15) is 24.0 Å². The number of aliphatic hydroxyl groups is 1. The Kier molecular flexibility index (Phi) is 5.30. The molecule has 108 valence electrons. The zero-order valence-electron chi connectivity index (χ0n) is 11.3. The fourth-order valence-electron chi connectivity index (χ4n) is 1.72. The average molecular weight is 288 g/mol. The van der Waals surface area contributed by atoms with E-state index in [2.05, 4.69) is 11.8 Å². The topological polar surface area (TPSA) is 29.5 Å². The molecule has 2 aromatic carbocycles. The lowest BCUT2D eigenvalue weighted by atomic mass is 10.1. The maximum absolute atomic E-state index is 13.5. The highest BCUT2D eigenvalue weighted by molar-refractivity contribution is 5.37. The van der Waals surface area contributed by atoms with Crippen LogP contribution in [-0.4, -0.2) is 11.7 Å². The van der Waals surface area contributed by atoms with Gasteiger partial charge in [-0.3, -0.25) is 0 Å². The van der Waals surface area contributed by atoms with Gasteiger partial charge in [0.15, 0.2) is 0 Å². The molecular formula is C17H14F2O2. The Morgan fingerprint density at radius 3 is 2.48 bits per heavy atom. The summed E-state index contributed by atoms with van der Waals surface area (Å²) in [6, 6.07) is 10.0. The first kappa shape index (κ1) is 15.0. The minimum absolute atomic E-state index is 0.0249. The second kappa shape index (κ2) is 7.41. The van der Waals surface area contributed by atoms with Gasteiger partial charge in [0.2, 0.25) is 0 Å². The van der Waals surface area contributed by atoms with Crippen molar-refractivity contribution in [1.29, 1.82) is 0 Å². The molecule has 0 aromatic heterocycles. The summed E-state index contributed by atoms with van der Waals surface area (Å²) in [5.41, 5.74) is 1.16. The molecule has 4 heteroatoms. The lowest BCUT2D eigenvalue weighted by Crippen LogP contribution is -1.97. The molecule has 2 aromatic rings. The molecule has 0 heterocycles. The van der Waals surface area contributed by atoms with Crippen LogP contribution in [0.1, 0.15) is 17.5 Å². The van der Waals surface area contributed by atoms with Crippen LogP contribution in [0.4, 0.5) is 8.78 Å². The van der Waals surface area contributed by atoms with Crippen LogP contribution in [0, 0.1) is 23.5 Å². The monoisotopic (exact) mass is 288 g/mol. The number of aliphatic hydroxyl groups excluding tert-OH is 1. The lowest BCUT2D eigenvalue weighted by molar-refractivity contribution is 0.304. The summed E-state index contributed by atoms with van der Waals surface area (Å²) in [4.78, 5) is 0. The Morgan fingerprint density at radius 1 is 1.00 bits per heavy atom. The summed E-state index contributed by atoms with van der Waals surface area (Å²) in [7, 11) is 0. The fraction of sp³-hybridized carbons (Fsp3) is 0.176. The first-order chi connectivity index (χ1) is 10.2. The minimum atomic E-state index is -0.400. The van der Waals surface area contributed by atoms with E-state index in [1.807, 2.05) is 0 Å². The Balaban J connectivity index is 2.06. The molecule has 0 spiro atoms. The molecule has 0 aliphatic carbocycles. The van der Waals surface area contributed by atoms with Gasteiger partial charge in [-0.1, -0.05) is 11.8 Å². The standard InChI is InChI=1S/C17H14F2O2/c18-15-4-6-17(7-5-15)21-12-14-9-13(3-1-2-8-20)10-16(19)11-14/h4-7,9-11,20H,2,8,12H2. The van der Waals surface area contributed by atoms with Crippen molar-refractivity contribution >= 4 is 0 Å².